The molecular weight excluding hydrogens is 496 g/mol. The third-order valence-corrected chi connectivity index (χ3v) is 4.99. The van der Waals surface area contributed by atoms with Crippen molar-refractivity contribution in [2.75, 3.05) is 26.4 Å². The van der Waals surface area contributed by atoms with Gasteiger partial charge in [0.1, 0.15) is 29.2 Å². The van der Waals surface area contributed by atoms with Gasteiger partial charge in [-0.15, -0.1) is 0 Å². The van der Waals surface area contributed by atoms with Gasteiger partial charge in [-0.3, -0.25) is 0 Å². The summed E-state index contributed by atoms with van der Waals surface area (Å²) < 4.78 is 17.1. The molecule has 0 N–H and O–H groups in total. The molecule has 0 spiro atoms. The minimum absolute atomic E-state index is 0.130. The molecule has 0 atom stereocenters. The van der Waals surface area contributed by atoms with Crippen molar-refractivity contribution in [1.29, 1.82) is 0 Å². The lowest BCUT2D eigenvalue weighted by Crippen LogP contribution is -2.04. The fourth-order valence-electron chi connectivity index (χ4n) is 2.53. The molecule has 0 amide bonds. The SMILES string of the molecule is CCON=C(C)c1ccc(OCCCCOc2c(Cl)cc(OCC=C(Cl)Cl)cc2Cl)cc1. The monoisotopic (exact) mass is 519 g/mol. The first kappa shape index (κ1) is 26.5. The maximum Gasteiger partial charge on any atom is 0.156 e. The van der Waals surface area contributed by atoms with Gasteiger partial charge in [-0.1, -0.05) is 51.6 Å². The number of benzene rings is 2. The van der Waals surface area contributed by atoms with Gasteiger partial charge in [-0.25, -0.2) is 0 Å². The molecule has 0 radical (unpaired) electrons. The average molecular weight is 521 g/mol. The van der Waals surface area contributed by atoms with Gasteiger partial charge in [0, 0.05) is 12.1 Å². The molecule has 5 nitrogen and oxygen atoms in total. The van der Waals surface area contributed by atoms with Crippen LogP contribution in [0.5, 0.6) is 17.2 Å². The van der Waals surface area contributed by atoms with Crippen LogP contribution in [-0.4, -0.2) is 32.1 Å². The predicted molar refractivity (Wildman–Crippen MR) is 132 cm³/mol. The minimum Gasteiger partial charge on any atom is -0.494 e. The molecule has 0 fully saturated rings. The number of halogens is 4. The van der Waals surface area contributed by atoms with E-state index in [4.69, 9.17) is 65.5 Å². The third kappa shape index (κ3) is 9.37. The molecule has 0 heterocycles. The zero-order valence-corrected chi connectivity index (χ0v) is 20.9. The molecule has 9 heteroatoms. The molecule has 0 aliphatic carbocycles. The van der Waals surface area contributed by atoms with Gasteiger partial charge >= 0.3 is 0 Å². The maximum absolute atomic E-state index is 6.26. The van der Waals surface area contributed by atoms with Crippen LogP contribution < -0.4 is 14.2 Å². The smallest absolute Gasteiger partial charge is 0.156 e. The number of nitrogens with zero attached hydrogens (tertiary/aromatic N) is 1. The van der Waals surface area contributed by atoms with Crippen LogP contribution in [-0.2, 0) is 4.84 Å². The van der Waals surface area contributed by atoms with Gasteiger partial charge in [0.15, 0.2) is 5.75 Å². The first-order valence-electron chi connectivity index (χ1n) is 10.1. The van der Waals surface area contributed by atoms with Crippen LogP contribution in [0.25, 0.3) is 0 Å². The predicted octanol–water partition coefficient (Wildman–Crippen LogP) is 7.69. The van der Waals surface area contributed by atoms with E-state index in [1.54, 1.807) is 12.1 Å². The van der Waals surface area contributed by atoms with Crippen molar-refractivity contribution in [1.82, 2.24) is 0 Å². The van der Waals surface area contributed by atoms with Crippen LogP contribution in [0, 0.1) is 0 Å². The van der Waals surface area contributed by atoms with Gasteiger partial charge in [-0.05, 0) is 62.6 Å². The van der Waals surface area contributed by atoms with Crippen molar-refractivity contribution in [3.63, 3.8) is 0 Å². The highest BCUT2D eigenvalue weighted by molar-refractivity contribution is 6.55. The maximum atomic E-state index is 6.26. The Morgan fingerprint density at radius 3 is 2.12 bits per heavy atom. The van der Waals surface area contributed by atoms with E-state index in [1.807, 2.05) is 38.1 Å². The van der Waals surface area contributed by atoms with Crippen LogP contribution in [0.3, 0.4) is 0 Å². The van der Waals surface area contributed by atoms with Gasteiger partial charge in [0.05, 0.1) is 29.0 Å². The third-order valence-electron chi connectivity index (χ3n) is 4.12. The zero-order chi connectivity index (χ0) is 23.3. The van der Waals surface area contributed by atoms with Crippen LogP contribution in [0.1, 0.15) is 32.3 Å². The second-order valence-corrected chi connectivity index (χ2v) is 8.37. The van der Waals surface area contributed by atoms with Crippen molar-refractivity contribution < 1.29 is 19.0 Å². The lowest BCUT2D eigenvalue weighted by molar-refractivity contribution is 0.159. The highest BCUT2D eigenvalue weighted by Crippen LogP contribution is 2.37. The number of hydrogen-bond donors (Lipinski definition) is 0. The molecule has 0 aliphatic heterocycles. The number of ether oxygens (including phenoxy) is 3. The van der Waals surface area contributed by atoms with Crippen LogP contribution in [0.2, 0.25) is 10.0 Å². The van der Waals surface area contributed by atoms with Gasteiger partial charge in [0.2, 0.25) is 0 Å². The summed E-state index contributed by atoms with van der Waals surface area (Å²) in [6.45, 7) is 5.58. The quantitative estimate of drug-likeness (QED) is 0.154. The summed E-state index contributed by atoms with van der Waals surface area (Å²) in [5.41, 5.74) is 1.81. The van der Waals surface area contributed by atoms with E-state index < -0.39 is 0 Å². The van der Waals surface area contributed by atoms with Crippen LogP contribution >= 0.6 is 46.4 Å². The molecule has 0 bridgehead atoms. The van der Waals surface area contributed by atoms with E-state index in [-0.39, 0.29) is 11.1 Å². The van der Waals surface area contributed by atoms with E-state index in [0.717, 1.165) is 29.9 Å². The Balaban J connectivity index is 1.72. The molecular formula is C23H25Cl4NO4. The fraction of sp³-hybridized carbons (Fsp3) is 0.348. The van der Waals surface area contributed by atoms with Crippen molar-refractivity contribution >= 4 is 52.1 Å². The zero-order valence-electron chi connectivity index (χ0n) is 17.9. The Labute approximate surface area is 208 Å². The standard InChI is InChI=1S/C23H25Cl4NO4/c1-3-32-28-16(2)17-6-8-18(9-7-17)29-11-4-5-12-31-23-20(24)14-19(15-21(23)25)30-13-10-22(26)27/h6-10,14-15H,3-5,11-13H2,1-2H3. The molecule has 174 valence electrons. The highest BCUT2D eigenvalue weighted by Gasteiger charge is 2.10. The number of rotatable bonds is 13. The summed E-state index contributed by atoms with van der Waals surface area (Å²) in [7, 11) is 0. The minimum atomic E-state index is 0.130. The molecule has 0 saturated carbocycles. The van der Waals surface area contributed by atoms with Crippen LogP contribution in [0.15, 0.2) is 52.1 Å². The number of unbranched alkanes of at least 4 members (excludes halogenated alkanes) is 1. The van der Waals surface area contributed by atoms with Crippen molar-refractivity contribution in [2.45, 2.75) is 26.7 Å². The second kappa shape index (κ2) is 14.4. The Bertz CT molecular complexity index is 890. The van der Waals surface area contributed by atoms with E-state index in [9.17, 15) is 0 Å². The molecule has 2 aromatic rings. The summed E-state index contributed by atoms with van der Waals surface area (Å²) in [4.78, 5) is 5.07. The second-order valence-electron chi connectivity index (χ2n) is 6.54. The van der Waals surface area contributed by atoms with E-state index in [0.29, 0.717) is 41.4 Å². The summed E-state index contributed by atoms with van der Waals surface area (Å²) in [5.74, 6) is 1.72. The Morgan fingerprint density at radius 2 is 1.53 bits per heavy atom. The molecule has 0 saturated heterocycles. The number of oxime groups is 1. The summed E-state index contributed by atoms with van der Waals surface area (Å²) in [6, 6.07) is 11.0. The first-order chi connectivity index (χ1) is 15.4. The van der Waals surface area contributed by atoms with E-state index >= 15 is 0 Å². The molecule has 0 aromatic heterocycles. The molecule has 0 aliphatic rings. The summed E-state index contributed by atoms with van der Waals surface area (Å²) in [6.07, 6.45) is 3.11. The number of hydrogen-bond acceptors (Lipinski definition) is 5. The molecule has 2 aromatic carbocycles. The van der Waals surface area contributed by atoms with E-state index in [1.165, 1.54) is 6.08 Å². The lowest BCUT2D eigenvalue weighted by Gasteiger charge is -2.12. The first-order valence-corrected chi connectivity index (χ1v) is 11.6. The van der Waals surface area contributed by atoms with Gasteiger partial charge < -0.3 is 19.0 Å². The van der Waals surface area contributed by atoms with Crippen molar-refractivity contribution in [2.24, 2.45) is 5.16 Å². The van der Waals surface area contributed by atoms with E-state index in [2.05, 4.69) is 5.16 Å². The molecule has 0 unspecified atom stereocenters. The van der Waals surface area contributed by atoms with Gasteiger partial charge in [0.25, 0.3) is 0 Å². The summed E-state index contributed by atoms with van der Waals surface area (Å²) in [5, 5.41) is 4.76. The highest BCUT2D eigenvalue weighted by atomic mass is 35.5. The fourth-order valence-corrected chi connectivity index (χ4v) is 3.24. The van der Waals surface area contributed by atoms with Crippen molar-refractivity contribution in [3.05, 3.63) is 62.6 Å². The van der Waals surface area contributed by atoms with Crippen LogP contribution in [0.4, 0.5) is 0 Å². The lowest BCUT2D eigenvalue weighted by atomic mass is 10.1. The molecule has 32 heavy (non-hydrogen) atoms. The average Bonchev–Trinajstić information content (AvgIpc) is 2.76. The Hall–Kier alpha value is -1.79. The van der Waals surface area contributed by atoms with Crippen molar-refractivity contribution in [3.8, 4) is 17.2 Å². The Morgan fingerprint density at radius 1 is 0.906 bits per heavy atom. The largest absolute Gasteiger partial charge is 0.494 e. The molecule has 2 rings (SSSR count). The van der Waals surface area contributed by atoms with Gasteiger partial charge in [-0.2, -0.15) is 0 Å². The topological polar surface area (TPSA) is 49.3 Å². The summed E-state index contributed by atoms with van der Waals surface area (Å²) >= 11 is 23.6. The normalized spacial score (nSPS) is 11.1. The Kier molecular flexibility index (Phi) is 11.9.